The minimum Gasteiger partial charge on any atom is -1.00 e. The van der Waals surface area contributed by atoms with Gasteiger partial charge in [0.2, 0.25) is 0 Å². The lowest BCUT2D eigenvalue weighted by atomic mass is 10.0. The molecule has 1 aromatic carbocycles. The van der Waals surface area contributed by atoms with E-state index in [-0.39, 0.29) is 24.8 Å². The van der Waals surface area contributed by atoms with Crippen LogP contribution < -0.4 is 34.3 Å². The molecule has 5 heterocycles. The average Bonchev–Trinajstić information content (AvgIpc) is 3.99. The molecule has 0 fully saturated rings. The maximum Gasteiger partial charge on any atom is 0.123 e. The fourth-order valence-corrected chi connectivity index (χ4v) is 7.65. The second-order valence-electron chi connectivity index (χ2n) is 18.0. The first kappa shape index (κ1) is 47.6. The van der Waals surface area contributed by atoms with Crippen LogP contribution >= 0.6 is 0 Å². The van der Waals surface area contributed by atoms with E-state index < -0.39 is 0 Å². The summed E-state index contributed by atoms with van der Waals surface area (Å²) in [7, 11) is 13.3. The lowest BCUT2D eigenvalue weighted by Gasteiger charge is -2.24. The number of fused-ring (bicyclic) bond motifs is 8. The maximum atomic E-state index is 6.44. The Labute approximate surface area is 366 Å². The number of aromatic nitrogens is 4. The molecule has 8 bridgehead atoms. The summed E-state index contributed by atoms with van der Waals surface area (Å²) in [6.45, 7) is 5.62. The zero-order valence-electron chi connectivity index (χ0n) is 36.7. The maximum absolute atomic E-state index is 6.44. The number of hydrogen-bond donors (Lipinski definition) is 2. The fraction of sp³-hybridized carbons (Fsp3) is 0.469. The summed E-state index contributed by atoms with van der Waals surface area (Å²) in [4.78, 5) is 17.8. The second kappa shape index (κ2) is 22.5. The molecule has 0 unspecified atom stereocenters. The number of rotatable bonds is 21. The highest BCUT2D eigenvalue weighted by Gasteiger charge is 2.16. The molecule has 0 saturated heterocycles. The van der Waals surface area contributed by atoms with Crippen molar-refractivity contribution in [2.75, 3.05) is 68.6 Å². The molecule has 0 radical (unpaired) electrons. The minimum atomic E-state index is 0. The van der Waals surface area contributed by atoms with E-state index in [4.69, 9.17) is 19.4 Å². The molecule has 59 heavy (non-hydrogen) atoms. The predicted molar refractivity (Wildman–Crippen MR) is 241 cm³/mol. The van der Waals surface area contributed by atoms with Gasteiger partial charge in [-0.1, -0.05) is 58.3 Å². The van der Waals surface area contributed by atoms with Crippen LogP contribution in [0.1, 0.15) is 106 Å². The normalized spacial score (nSPS) is 12.3. The number of halogens is 2. The molecule has 4 aromatic rings. The highest BCUT2D eigenvalue weighted by molar-refractivity contribution is 5.91. The SMILES string of the molecule is CCCCCCCCCCCc1c2nc(cc3ccc([nH]3)c(-c3cc(OCCC[N+](C)(C)C)cc(OCCC[N+](C)(C)C)c3)c3nc(cc4ccc1[nH]4)C=C3)C=C2.[Cl-].[Cl-]. The van der Waals surface area contributed by atoms with Crippen molar-refractivity contribution in [3.8, 4) is 22.6 Å². The minimum absolute atomic E-state index is 0. The van der Waals surface area contributed by atoms with E-state index in [0.717, 1.165) is 115 Å². The molecule has 0 atom stereocenters. The molecule has 6 rings (SSSR count). The van der Waals surface area contributed by atoms with Gasteiger partial charge in [-0.2, -0.15) is 0 Å². The van der Waals surface area contributed by atoms with Gasteiger partial charge >= 0.3 is 0 Å². The van der Waals surface area contributed by atoms with Crippen LogP contribution in [0.25, 0.3) is 57.5 Å². The van der Waals surface area contributed by atoms with E-state index in [0.29, 0.717) is 13.2 Å². The number of H-pyrrole nitrogens is 2. The number of nitrogens with one attached hydrogen (secondary N) is 2. The van der Waals surface area contributed by atoms with Crippen molar-refractivity contribution < 1.29 is 43.3 Å². The van der Waals surface area contributed by atoms with Gasteiger partial charge in [0.25, 0.3) is 0 Å². The van der Waals surface area contributed by atoms with Gasteiger partial charge in [-0.25, -0.2) is 9.97 Å². The average molecular weight is 844 g/mol. The van der Waals surface area contributed by atoms with Gasteiger partial charge < -0.3 is 53.2 Å². The van der Waals surface area contributed by atoms with Gasteiger partial charge in [0.05, 0.1) is 91.4 Å². The number of nitrogens with zero attached hydrogens (tertiary/aromatic N) is 4. The Morgan fingerprint density at radius 3 is 1.58 bits per heavy atom. The number of aryl methyl sites for hydroxylation is 1. The molecular weight excluding hydrogens is 775 g/mol. The fourth-order valence-electron chi connectivity index (χ4n) is 7.65. The van der Waals surface area contributed by atoms with Gasteiger partial charge in [-0.05, 0) is 91.2 Å². The van der Waals surface area contributed by atoms with Crippen molar-refractivity contribution in [1.82, 2.24) is 19.9 Å². The van der Waals surface area contributed by atoms with Crippen LogP contribution in [-0.4, -0.2) is 97.5 Å². The molecule has 0 aliphatic carbocycles. The van der Waals surface area contributed by atoms with E-state index in [1.807, 2.05) is 6.07 Å². The van der Waals surface area contributed by atoms with Gasteiger partial charge in [-0.15, -0.1) is 0 Å². The van der Waals surface area contributed by atoms with Gasteiger partial charge in [-0.3, -0.25) is 0 Å². The van der Waals surface area contributed by atoms with Crippen LogP contribution in [0.5, 0.6) is 11.5 Å². The number of quaternary nitrogens is 2. The monoisotopic (exact) mass is 842 g/mol. The summed E-state index contributed by atoms with van der Waals surface area (Å²) < 4.78 is 14.7. The number of hydrogen-bond acceptors (Lipinski definition) is 4. The summed E-state index contributed by atoms with van der Waals surface area (Å²) in [6.07, 6.45) is 23.3. The topological polar surface area (TPSA) is 75.8 Å². The Hall–Kier alpha value is -4.08. The quantitative estimate of drug-likeness (QED) is 0.0758. The van der Waals surface area contributed by atoms with Crippen molar-refractivity contribution in [3.05, 3.63) is 82.9 Å². The highest BCUT2D eigenvalue weighted by atomic mass is 35.5. The second-order valence-corrected chi connectivity index (χ2v) is 18.0. The molecule has 0 saturated carbocycles. The van der Waals surface area contributed by atoms with E-state index >= 15 is 0 Å². The first-order chi connectivity index (χ1) is 27.4. The van der Waals surface area contributed by atoms with E-state index in [1.165, 1.54) is 56.9 Å². The lowest BCUT2D eigenvalue weighted by molar-refractivity contribution is -0.870. The van der Waals surface area contributed by atoms with Gasteiger partial charge in [0, 0.05) is 52.1 Å². The largest absolute Gasteiger partial charge is 1.00 e. The number of aromatic amines is 2. The van der Waals surface area contributed by atoms with Crippen molar-refractivity contribution in [1.29, 1.82) is 0 Å². The molecule has 2 aliphatic rings. The molecule has 8 nitrogen and oxygen atoms in total. The van der Waals surface area contributed by atoms with E-state index in [9.17, 15) is 0 Å². The number of unbranched alkanes of at least 4 members (excludes halogenated alkanes) is 8. The van der Waals surface area contributed by atoms with Crippen LogP contribution in [0.15, 0.2) is 54.6 Å². The molecular formula is C49H68Cl2N6O2. The Kier molecular flexibility index (Phi) is 18.2. The predicted octanol–water partition coefficient (Wildman–Crippen LogP) is 5.35. The standard InChI is InChI=1S/C49H68N6O2.2ClH/c1-8-9-10-11-12-13-14-15-16-19-44-45-24-20-38(50-45)34-40-22-26-47(52-40)49(48-27-23-41(53-48)35-39-21-25-46(44)51-39)37-32-42(56-30-17-28-54(2,3)4)36-43(33-37)57-31-18-29-55(5,6)7;;/h20-27,32-36,50,53H,8-19,28-31H2,1-7H3;2*1H/q+2;;/p-2. The van der Waals surface area contributed by atoms with Crippen LogP contribution in [0, 0.1) is 0 Å². The Bertz CT molecular complexity index is 2130. The van der Waals surface area contributed by atoms with Crippen molar-refractivity contribution >= 4 is 46.4 Å². The van der Waals surface area contributed by atoms with Crippen LogP contribution in [0.2, 0.25) is 0 Å². The van der Waals surface area contributed by atoms with Crippen LogP contribution in [0.3, 0.4) is 0 Å². The Morgan fingerprint density at radius 1 is 0.525 bits per heavy atom. The van der Waals surface area contributed by atoms with Crippen molar-refractivity contribution in [2.45, 2.75) is 84.0 Å². The third-order valence-electron chi connectivity index (χ3n) is 10.7. The molecule has 0 spiro atoms. The molecule has 10 heteroatoms. The molecule has 3 aromatic heterocycles. The molecule has 2 aliphatic heterocycles. The summed E-state index contributed by atoms with van der Waals surface area (Å²) in [5.41, 5.74) is 11.2. The van der Waals surface area contributed by atoms with Crippen molar-refractivity contribution in [2.24, 2.45) is 0 Å². The first-order valence-electron chi connectivity index (χ1n) is 21.5. The van der Waals surface area contributed by atoms with E-state index in [1.54, 1.807) is 0 Å². The van der Waals surface area contributed by atoms with Gasteiger partial charge in [0.1, 0.15) is 11.5 Å². The summed E-state index contributed by atoms with van der Waals surface area (Å²) in [5.74, 6) is 1.60. The molecule has 320 valence electrons. The summed E-state index contributed by atoms with van der Waals surface area (Å²) in [5, 5.41) is 0. The number of benzene rings is 1. The summed E-state index contributed by atoms with van der Waals surface area (Å²) in [6, 6.07) is 19.2. The van der Waals surface area contributed by atoms with Crippen LogP contribution in [0.4, 0.5) is 0 Å². The summed E-state index contributed by atoms with van der Waals surface area (Å²) >= 11 is 0. The lowest BCUT2D eigenvalue weighted by Crippen LogP contribution is -3.00. The molecule has 0 amide bonds. The number of ether oxygens (including phenoxy) is 2. The highest BCUT2D eigenvalue weighted by Crippen LogP contribution is 2.36. The van der Waals surface area contributed by atoms with Gasteiger partial charge in [0.15, 0.2) is 0 Å². The Morgan fingerprint density at radius 2 is 1.02 bits per heavy atom. The zero-order valence-corrected chi connectivity index (χ0v) is 38.2. The Balaban J connectivity index is 0.00000384. The van der Waals surface area contributed by atoms with Crippen LogP contribution in [-0.2, 0) is 6.42 Å². The third-order valence-corrected chi connectivity index (χ3v) is 10.7. The first-order valence-corrected chi connectivity index (χ1v) is 21.5. The zero-order chi connectivity index (χ0) is 40.3. The molecule has 2 N–H and O–H groups in total. The van der Waals surface area contributed by atoms with E-state index in [2.05, 4.69) is 132 Å². The third kappa shape index (κ3) is 14.9. The smallest absolute Gasteiger partial charge is 0.123 e. The van der Waals surface area contributed by atoms with Crippen molar-refractivity contribution in [3.63, 3.8) is 0 Å².